The second kappa shape index (κ2) is 7.84. The van der Waals surface area contributed by atoms with Crippen LogP contribution in [0.15, 0.2) is 42.7 Å². The molecule has 0 bridgehead atoms. The third-order valence-corrected chi connectivity index (χ3v) is 5.15. The summed E-state index contributed by atoms with van der Waals surface area (Å²) >= 11 is 7.49. The van der Waals surface area contributed by atoms with Crippen molar-refractivity contribution in [2.75, 3.05) is 25.2 Å². The van der Waals surface area contributed by atoms with Crippen molar-refractivity contribution in [3.63, 3.8) is 0 Å². The van der Waals surface area contributed by atoms with Gasteiger partial charge in [-0.15, -0.1) is 11.8 Å². The highest BCUT2D eigenvalue weighted by Crippen LogP contribution is 2.26. The Hall–Kier alpha value is -2.12. The van der Waals surface area contributed by atoms with Gasteiger partial charge in [-0.2, -0.15) is 0 Å². The summed E-state index contributed by atoms with van der Waals surface area (Å²) < 4.78 is 0. The molecule has 6 nitrogen and oxygen atoms in total. The lowest BCUT2D eigenvalue weighted by Crippen LogP contribution is -2.41. The summed E-state index contributed by atoms with van der Waals surface area (Å²) in [5.41, 5.74) is 0.855. The molecule has 0 N–H and O–H groups in total. The topological polar surface area (TPSA) is 66.4 Å². The number of benzene rings is 1. The summed E-state index contributed by atoms with van der Waals surface area (Å²) in [6.07, 6.45) is 3.29. The Morgan fingerprint density at radius 3 is 2.60 bits per heavy atom. The van der Waals surface area contributed by atoms with E-state index >= 15 is 0 Å². The minimum Gasteiger partial charge on any atom is -0.330 e. The predicted molar refractivity (Wildman–Crippen MR) is 97.1 cm³/mol. The molecule has 1 aromatic heterocycles. The second-order valence-corrected chi connectivity index (χ2v) is 7.03. The minimum atomic E-state index is -0.448. The number of hydrogen-bond acceptors (Lipinski definition) is 5. The number of aromatic nitrogens is 2. The van der Waals surface area contributed by atoms with Crippen molar-refractivity contribution in [2.24, 2.45) is 0 Å². The Balaban J connectivity index is 1.86. The molecule has 0 radical (unpaired) electrons. The molecule has 0 spiro atoms. The fourth-order valence-electron chi connectivity index (χ4n) is 2.60. The van der Waals surface area contributed by atoms with E-state index in [9.17, 15) is 9.59 Å². The first-order chi connectivity index (χ1) is 12.1. The lowest BCUT2D eigenvalue weighted by molar-refractivity contribution is -0.138. The summed E-state index contributed by atoms with van der Waals surface area (Å²) in [5, 5.41) is 0.616. The van der Waals surface area contributed by atoms with E-state index in [1.54, 1.807) is 47.4 Å². The SMILES string of the molecule is CN(C(=O)CN1CSCC1=O)C(c1ccc(Cl)cc1)c1ncccn1. The zero-order valence-corrected chi connectivity index (χ0v) is 15.2. The Bertz CT molecular complexity index is 757. The second-order valence-electron chi connectivity index (χ2n) is 5.63. The lowest BCUT2D eigenvalue weighted by Gasteiger charge is -2.29. The highest BCUT2D eigenvalue weighted by molar-refractivity contribution is 8.00. The zero-order valence-electron chi connectivity index (χ0n) is 13.6. The summed E-state index contributed by atoms with van der Waals surface area (Å²) in [7, 11) is 1.70. The van der Waals surface area contributed by atoms with Crippen LogP contribution < -0.4 is 0 Å². The molecule has 2 heterocycles. The molecule has 3 rings (SSSR count). The van der Waals surface area contributed by atoms with Crippen LogP contribution in [0.1, 0.15) is 17.4 Å². The minimum absolute atomic E-state index is 0.00856. The standard InChI is InChI=1S/C17H17ClN4O2S/c1-21(14(23)9-22-11-25-10-15(22)24)16(17-19-7-2-8-20-17)12-3-5-13(18)6-4-12/h2-8,16H,9-11H2,1H3. The van der Waals surface area contributed by atoms with Gasteiger partial charge in [-0.05, 0) is 23.8 Å². The molecule has 0 saturated carbocycles. The summed E-state index contributed by atoms with van der Waals surface area (Å²) in [6, 6.07) is 8.52. The summed E-state index contributed by atoms with van der Waals surface area (Å²) in [5.74, 6) is 1.32. The molecule has 2 aromatic rings. The van der Waals surface area contributed by atoms with E-state index in [0.717, 1.165) is 5.56 Å². The van der Waals surface area contributed by atoms with E-state index in [1.807, 2.05) is 12.1 Å². The average Bonchev–Trinajstić information content (AvgIpc) is 3.02. The van der Waals surface area contributed by atoms with Crippen LogP contribution in [0.3, 0.4) is 0 Å². The predicted octanol–water partition coefficient (Wildman–Crippen LogP) is 2.21. The van der Waals surface area contributed by atoms with Gasteiger partial charge in [-0.1, -0.05) is 23.7 Å². The van der Waals surface area contributed by atoms with Crippen LogP contribution in [0.25, 0.3) is 0 Å². The molecule has 1 unspecified atom stereocenters. The van der Waals surface area contributed by atoms with Gasteiger partial charge in [0.1, 0.15) is 12.6 Å². The third kappa shape index (κ3) is 4.11. The van der Waals surface area contributed by atoms with E-state index in [4.69, 9.17) is 11.6 Å². The summed E-state index contributed by atoms with van der Waals surface area (Å²) in [6.45, 7) is 0.0548. The van der Waals surface area contributed by atoms with Gasteiger partial charge < -0.3 is 9.80 Å². The van der Waals surface area contributed by atoms with Crippen molar-refractivity contribution in [2.45, 2.75) is 6.04 Å². The van der Waals surface area contributed by atoms with Gasteiger partial charge in [0.25, 0.3) is 0 Å². The lowest BCUT2D eigenvalue weighted by atomic mass is 10.0. The van der Waals surface area contributed by atoms with E-state index in [2.05, 4.69) is 9.97 Å². The molecule has 25 heavy (non-hydrogen) atoms. The number of carbonyl (C=O) groups excluding carboxylic acids is 2. The molecule has 1 aliphatic heterocycles. The molecule has 8 heteroatoms. The highest BCUT2D eigenvalue weighted by atomic mass is 35.5. The number of likely N-dealkylation sites (N-methyl/N-ethyl adjacent to an activating group) is 1. The monoisotopic (exact) mass is 376 g/mol. The quantitative estimate of drug-likeness (QED) is 0.800. The Kier molecular flexibility index (Phi) is 5.55. The zero-order chi connectivity index (χ0) is 17.8. The van der Waals surface area contributed by atoms with Gasteiger partial charge in [-0.25, -0.2) is 9.97 Å². The van der Waals surface area contributed by atoms with E-state index in [-0.39, 0.29) is 18.4 Å². The molecule has 1 aliphatic rings. The van der Waals surface area contributed by atoms with Crippen molar-refractivity contribution < 1.29 is 9.59 Å². The van der Waals surface area contributed by atoms with Gasteiger partial charge in [0.05, 0.1) is 11.6 Å². The maximum absolute atomic E-state index is 12.7. The highest BCUT2D eigenvalue weighted by Gasteiger charge is 2.29. The molecule has 1 aromatic carbocycles. The molecule has 1 saturated heterocycles. The number of hydrogen-bond donors (Lipinski definition) is 0. The van der Waals surface area contributed by atoms with Gasteiger partial charge in [0.15, 0.2) is 5.82 Å². The maximum Gasteiger partial charge on any atom is 0.242 e. The Morgan fingerprint density at radius 2 is 2.00 bits per heavy atom. The van der Waals surface area contributed by atoms with Crippen molar-refractivity contribution >= 4 is 35.2 Å². The number of halogens is 1. The number of rotatable bonds is 5. The van der Waals surface area contributed by atoms with Crippen LogP contribution in [0.4, 0.5) is 0 Å². The fraction of sp³-hybridized carbons (Fsp3) is 0.294. The first kappa shape index (κ1) is 17.7. The molecular weight excluding hydrogens is 360 g/mol. The molecule has 0 aliphatic carbocycles. The first-order valence-electron chi connectivity index (χ1n) is 7.70. The fourth-order valence-corrected chi connectivity index (χ4v) is 3.63. The van der Waals surface area contributed by atoms with Crippen molar-refractivity contribution in [3.8, 4) is 0 Å². The largest absolute Gasteiger partial charge is 0.330 e. The third-order valence-electron chi connectivity index (χ3n) is 3.95. The van der Waals surface area contributed by atoms with Gasteiger partial charge in [0.2, 0.25) is 11.8 Å². The van der Waals surface area contributed by atoms with Crippen LogP contribution >= 0.6 is 23.4 Å². The van der Waals surface area contributed by atoms with Gasteiger partial charge >= 0.3 is 0 Å². The molecule has 1 atom stereocenters. The normalized spacial score (nSPS) is 15.3. The van der Waals surface area contributed by atoms with E-state index in [1.165, 1.54) is 11.8 Å². The van der Waals surface area contributed by atoms with Crippen LogP contribution in [0.5, 0.6) is 0 Å². The smallest absolute Gasteiger partial charge is 0.242 e. The molecule has 130 valence electrons. The van der Waals surface area contributed by atoms with Gasteiger partial charge in [-0.3, -0.25) is 9.59 Å². The van der Waals surface area contributed by atoms with Gasteiger partial charge in [0, 0.05) is 24.5 Å². The number of amides is 2. The van der Waals surface area contributed by atoms with Crippen molar-refractivity contribution in [3.05, 3.63) is 59.1 Å². The van der Waals surface area contributed by atoms with E-state index in [0.29, 0.717) is 22.5 Å². The average molecular weight is 377 g/mol. The number of nitrogens with zero attached hydrogens (tertiary/aromatic N) is 4. The van der Waals surface area contributed by atoms with E-state index < -0.39 is 6.04 Å². The number of carbonyl (C=O) groups is 2. The Labute approximate surface area is 155 Å². The van der Waals surface area contributed by atoms with Crippen LogP contribution in [0.2, 0.25) is 5.02 Å². The van der Waals surface area contributed by atoms with Crippen LogP contribution in [-0.2, 0) is 9.59 Å². The molecule has 2 amide bonds. The molecular formula is C17H17ClN4O2S. The summed E-state index contributed by atoms with van der Waals surface area (Å²) in [4.78, 5) is 36.3. The first-order valence-corrected chi connectivity index (χ1v) is 9.23. The van der Waals surface area contributed by atoms with Crippen molar-refractivity contribution in [1.29, 1.82) is 0 Å². The van der Waals surface area contributed by atoms with Crippen LogP contribution in [0, 0.1) is 0 Å². The Morgan fingerprint density at radius 1 is 1.32 bits per heavy atom. The van der Waals surface area contributed by atoms with Crippen molar-refractivity contribution in [1.82, 2.24) is 19.8 Å². The number of thioether (sulfide) groups is 1. The van der Waals surface area contributed by atoms with Crippen LogP contribution in [-0.4, -0.2) is 56.8 Å². The maximum atomic E-state index is 12.7. The molecule has 1 fully saturated rings.